The minimum atomic E-state index is -0.599. The van der Waals surface area contributed by atoms with Crippen molar-refractivity contribution in [2.75, 3.05) is 66.1 Å². The van der Waals surface area contributed by atoms with E-state index in [2.05, 4.69) is 9.80 Å². The molecule has 0 amide bonds. The number of aliphatic hydroxyl groups excluding tert-OH is 2. The van der Waals surface area contributed by atoms with Crippen LogP contribution in [0.15, 0.2) is 36.4 Å². The number of aliphatic hydroxyl groups is 2. The van der Waals surface area contributed by atoms with E-state index in [4.69, 9.17) is 28.4 Å². The lowest BCUT2D eigenvalue weighted by Gasteiger charge is -2.36. The first kappa shape index (κ1) is 22.9. The van der Waals surface area contributed by atoms with Gasteiger partial charge < -0.3 is 38.6 Å². The van der Waals surface area contributed by atoms with Crippen LogP contribution in [-0.4, -0.2) is 98.3 Å². The van der Waals surface area contributed by atoms with Crippen molar-refractivity contribution in [3.05, 3.63) is 36.4 Å². The van der Waals surface area contributed by atoms with Gasteiger partial charge in [-0.1, -0.05) is 0 Å². The van der Waals surface area contributed by atoms with Crippen LogP contribution in [-0.2, 0) is 0 Å². The number of hydrogen-bond donors (Lipinski definition) is 2. The molecule has 34 heavy (non-hydrogen) atoms. The van der Waals surface area contributed by atoms with Crippen molar-refractivity contribution in [2.24, 2.45) is 0 Å². The Labute approximate surface area is 198 Å². The molecule has 0 aliphatic carbocycles. The summed E-state index contributed by atoms with van der Waals surface area (Å²) in [6.45, 7) is 5.18. The van der Waals surface area contributed by atoms with Gasteiger partial charge in [0, 0.05) is 51.4 Å². The number of piperazine rings is 1. The maximum atomic E-state index is 10.4. The molecule has 184 valence electrons. The van der Waals surface area contributed by atoms with Crippen molar-refractivity contribution in [2.45, 2.75) is 12.2 Å². The quantitative estimate of drug-likeness (QED) is 0.517. The Hall–Kier alpha value is -2.92. The second-order valence-electron chi connectivity index (χ2n) is 8.56. The fraction of sp³-hybridized carbons (Fsp3) is 0.500. The molecule has 0 bridgehead atoms. The molecule has 1 fully saturated rings. The van der Waals surface area contributed by atoms with Crippen LogP contribution in [0.2, 0.25) is 0 Å². The highest BCUT2D eigenvalue weighted by Gasteiger charge is 2.22. The summed E-state index contributed by atoms with van der Waals surface area (Å²) in [4.78, 5) is 4.42. The maximum Gasteiger partial charge on any atom is 0.231 e. The van der Waals surface area contributed by atoms with Crippen LogP contribution in [0.4, 0.5) is 0 Å². The van der Waals surface area contributed by atoms with Crippen molar-refractivity contribution in [3.63, 3.8) is 0 Å². The summed E-state index contributed by atoms with van der Waals surface area (Å²) < 4.78 is 32.7. The lowest BCUT2D eigenvalue weighted by atomic mass is 10.2. The lowest BCUT2D eigenvalue weighted by Crippen LogP contribution is -2.51. The summed E-state index contributed by atoms with van der Waals surface area (Å²) >= 11 is 0. The minimum absolute atomic E-state index is 0.204. The Morgan fingerprint density at radius 2 is 1.06 bits per heavy atom. The Kier molecular flexibility index (Phi) is 7.10. The van der Waals surface area contributed by atoms with Gasteiger partial charge in [-0.25, -0.2) is 0 Å². The van der Waals surface area contributed by atoms with E-state index in [1.807, 2.05) is 0 Å². The van der Waals surface area contributed by atoms with Crippen LogP contribution in [0.3, 0.4) is 0 Å². The molecule has 10 heteroatoms. The summed E-state index contributed by atoms with van der Waals surface area (Å²) in [6, 6.07) is 10.8. The highest BCUT2D eigenvalue weighted by molar-refractivity contribution is 5.47. The highest BCUT2D eigenvalue weighted by atomic mass is 16.7. The molecule has 2 aromatic rings. The van der Waals surface area contributed by atoms with Gasteiger partial charge in [0.1, 0.15) is 36.9 Å². The van der Waals surface area contributed by atoms with E-state index in [0.29, 0.717) is 47.6 Å². The fourth-order valence-electron chi connectivity index (χ4n) is 4.17. The first-order chi connectivity index (χ1) is 16.6. The average molecular weight is 475 g/mol. The van der Waals surface area contributed by atoms with Crippen molar-refractivity contribution in [1.82, 2.24) is 9.80 Å². The zero-order valence-corrected chi connectivity index (χ0v) is 18.9. The maximum absolute atomic E-state index is 10.4. The topological polar surface area (TPSA) is 102 Å². The summed E-state index contributed by atoms with van der Waals surface area (Å²) in [5, 5.41) is 20.8. The highest BCUT2D eigenvalue weighted by Crippen LogP contribution is 2.36. The van der Waals surface area contributed by atoms with Crippen LogP contribution in [0, 0.1) is 0 Å². The third-order valence-corrected chi connectivity index (χ3v) is 5.98. The van der Waals surface area contributed by atoms with E-state index in [0.717, 1.165) is 26.2 Å². The standard InChI is InChI=1S/C24H30N2O8/c27-17(13-29-19-1-3-21-23(9-19)33-15-31-21)11-25-5-7-26(8-6-25)12-18(28)14-30-20-2-4-22-24(10-20)34-16-32-22/h1-4,9-10,17-18,27-28H,5-8,11-16H2. The Bertz CT molecular complexity index is 888. The van der Waals surface area contributed by atoms with Crippen molar-refractivity contribution in [1.29, 1.82) is 0 Å². The van der Waals surface area contributed by atoms with Gasteiger partial charge in [-0.05, 0) is 24.3 Å². The van der Waals surface area contributed by atoms with Gasteiger partial charge in [-0.15, -0.1) is 0 Å². The van der Waals surface area contributed by atoms with Crippen molar-refractivity contribution in [3.8, 4) is 34.5 Å². The second kappa shape index (κ2) is 10.6. The van der Waals surface area contributed by atoms with E-state index in [-0.39, 0.29) is 26.8 Å². The van der Waals surface area contributed by atoms with Gasteiger partial charge in [-0.3, -0.25) is 9.80 Å². The molecule has 0 spiro atoms. The Morgan fingerprint density at radius 1 is 0.647 bits per heavy atom. The molecular formula is C24H30N2O8. The molecule has 1 saturated heterocycles. The number of hydrogen-bond acceptors (Lipinski definition) is 10. The number of benzene rings is 2. The van der Waals surface area contributed by atoms with Gasteiger partial charge in [0.25, 0.3) is 0 Å². The van der Waals surface area contributed by atoms with Crippen LogP contribution >= 0.6 is 0 Å². The van der Waals surface area contributed by atoms with Gasteiger partial charge in [-0.2, -0.15) is 0 Å². The zero-order valence-electron chi connectivity index (χ0n) is 18.9. The van der Waals surface area contributed by atoms with E-state index in [1.165, 1.54) is 0 Å². The largest absolute Gasteiger partial charge is 0.491 e. The Morgan fingerprint density at radius 3 is 1.50 bits per heavy atom. The summed E-state index contributed by atoms with van der Waals surface area (Å²) in [6.07, 6.45) is -1.20. The molecule has 3 aliphatic rings. The number of nitrogens with zero attached hydrogens (tertiary/aromatic N) is 2. The Balaban J connectivity index is 0.977. The van der Waals surface area contributed by atoms with Gasteiger partial charge >= 0.3 is 0 Å². The molecule has 3 aliphatic heterocycles. The molecule has 5 rings (SSSR count). The fourth-order valence-corrected chi connectivity index (χ4v) is 4.17. The van der Waals surface area contributed by atoms with Crippen molar-refractivity contribution >= 4 is 0 Å². The van der Waals surface area contributed by atoms with Crippen LogP contribution in [0.5, 0.6) is 34.5 Å². The number of ether oxygens (including phenoxy) is 6. The first-order valence-corrected chi connectivity index (χ1v) is 11.5. The molecule has 10 nitrogen and oxygen atoms in total. The molecule has 0 radical (unpaired) electrons. The smallest absolute Gasteiger partial charge is 0.231 e. The van der Waals surface area contributed by atoms with Crippen molar-refractivity contribution < 1.29 is 38.6 Å². The molecule has 2 aromatic carbocycles. The zero-order chi connectivity index (χ0) is 23.3. The minimum Gasteiger partial charge on any atom is -0.491 e. The normalized spacial score (nSPS) is 19.1. The predicted molar refractivity (Wildman–Crippen MR) is 121 cm³/mol. The second-order valence-corrected chi connectivity index (χ2v) is 8.56. The van der Waals surface area contributed by atoms with Crippen LogP contribution in [0.25, 0.3) is 0 Å². The summed E-state index contributed by atoms with van der Waals surface area (Å²) in [7, 11) is 0. The predicted octanol–water partition coefficient (Wildman–Crippen LogP) is 0.941. The van der Waals surface area contributed by atoms with E-state index in [1.54, 1.807) is 36.4 Å². The monoisotopic (exact) mass is 474 g/mol. The molecule has 2 N–H and O–H groups in total. The van der Waals surface area contributed by atoms with Gasteiger partial charge in [0.2, 0.25) is 13.6 Å². The summed E-state index contributed by atoms with van der Waals surface area (Å²) in [5.74, 6) is 4.01. The molecule has 0 aromatic heterocycles. The third kappa shape index (κ3) is 5.76. The summed E-state index contributed by atoms with van der Waals surface area (Å²) in [5.41, 5.74) is 0. The average Bonchev–Trinajstić information content (AvgIpc) is 3.51. The van der Waals surface area contributed by atoms with Gasteiger partial charge in [0.15, 0.2) is 23.0 Å². The van der Waals surface area contributed by atoms with E-state index in [9.17, 15) is 10.2 Å². The number of fused-ring (bicyclic) bond motifs is 2. The third-order valence-electron chi connectivity index (χ3n) is 5.98. The number of β-amino-alcohol motifs (C(OH)–C–C–N with tert-alkyl or cyclic N) is 2. The molecule has 3 heterocycles. The lowest BCUT2D eigenvalue weighted by molar-refractivity contribution is 0.0240. The molecule has 0 saturated carbocycles. The molecule has 2 unspecified atom stereocenters. The van der Waals surface area contributed by atoms with Gasteiger partial charge in [0.05, 0.1) is 0 Å². The van der Waals surface area contributed by atoms with Crippen LogP contribution in [0.1, 0.15) is 0 Å². The molecular weight excluding hydrogens is 444 g/mol. The molecule has 2 atom stereocenters. The van der Waals surface area contributed by atoms with E-state index >= 15 is 0 Å². The number of rotatable bonds is 10. The van der Waals surface area contributed by atoms with E-state index < -0.39 is 12.2 Å². The SMILES string of the molecule is OC(COc1ccc2c(c1)OCO2)CN1CCN(CC(O)COc2ccc3c(c2)OCO3)CC1. The first-order valence-electron chi connectivity index (χ1n) is 11.5. The van der Waals surface area contributed by atoms with Crippen LogP contribution < -0.4 is 28.4 Å².